The fraction of sp³-hybridized carbons (Fsp3) is 1.00. The zero-order valence-electron chi connectivity index (χ0n) is 8.15. The summed E-state index contributed by atoms with van der Waals surface area (Å²) in [4.78, 5) is 0. The Hall–Kier alpha value is 1.43. The van der Waals surface area contributed by atoms with E-state index in [4.69, 9.17) is 0 Å². The molecule has 0 aromatic heterocycles. The van der Waals surface area contributed by atoms with Gasteiger partial charge in [-0.15, -0.1) is 0 Å². The van der Waals surface area contributed by atoms with Gasteiger partial charge < -0.3 is 0 Å². The fourth-order valence-corrected chi connectivity index (χ4v) is 0. The molecule has 0 N–H and O–H groups in total. The van der Waals surface area contributed by atoms with Gasteiger partial charge in [0.15, 0.2) is 0 Å². The van der Waals surface area contributed by atoms with Crippen LogP contribution in [0.1, 0.15) is 0 Å². The van der Waals surface area contributed by atoms with Gasteiger partial charge in [-0.1, -0.05) is 39.3 Å². The van der Waals surface area contributed by atoms with Gasteiger partial charge in [0.1, 0.15) is 0 Å². The molecule has 0 aromatic rings. The predicted molar refractivity (Wildman–Crippen MR) is 55.2 cm³/mol. The van der Waals surface area contributed by atoms with E-state index in [1.165, 1.54) is 0 Å². The predicted octanol–water partition coefficient (Wildman–Crippen LogP) is 1.82. The SMILES string of the molecule is C[SiH](C)C.C[SiH](C)C.[Na]. The third kappa shape index (κ3) is 254. The van der Waals surface area contributed by atoms with Crippen LogP contribution >= 0.6 is 0 Å². The largest absolute Gasteiger partial charge is 0.0724 e. The van der Waals surface area contributed by atoms with E-state index in [9.17, 15) is 0 Å². The second-order valence-corrected chi connectivity index (χ2v) is 10.4. The van der Waals surface area contributed by atoms with Crippen LogP contribution in [-0.2, 0) is 0 Å². The topological polar surface area (TPSA) is 0 Å². The van der Waals surface area contributed by atoms with Crippen molar-refractivity contribution in [1.29, 1.82) is 0 Å². The quantitative estimate of drug-likeness (QED) is 0.488. The summed E-state index contributed by atoms with van der Waals surface area (Å²) in [6.45, 7) is 13.8. The molecule has 53 valence electrons. The standard InChI is InChI=1S/2C3H10Si.Na/c2*1-4(2)3;/h2*4H,1-3H3;. The molecular weight excluding hydrogens is 151 g/mol. The molecule has 0 fully saturated rings. The molecule has 0 aliphatic heterocycles. The maximum Gasteiger partial charge on any atom is 0.0274 e. The first-order valence-corrected chi connectivity index (χ1v) is 10.4. The van der Waals surface area contributed by atoms with Crippen LogP contribution in [0.25, 0.3) is 0 Å². The molecule has 0 atom stereocenters. The van der Waals surface area contributed by atoms with Gasteiger partial charge in [-0.05, 0) is 0 Å². The minimum absolute atomic E-state index is 0. The first kappa shape index (κ1) is 16.8. The minimum Gasteiger partial charge on any atom is -0.0724 e. The summed E-state index contributed by atoms with van der Waals surface area (Å²) in [6, 6.07) is 0. The normalized spacial score (nSPS) is 8.00. The molecule has 0 amide bonds. The fourth-order valence-electron chi connectivity index (χ4n) is 0. The molecule has 0 rings (SSSR count). The average molecular weight is 171 g/mol. The Kier molecular flexibility index (Phi) is 22.7. The summed E-state index contributed by atoms with van der Waals surface area (Å²) in [5.41, 5.74) is 0. The molecule has 0 saturated carbocycles. The first-order chi connectivity index (χ1) is 3.46. The number of hydrogen-bond donors (Lipinski definition) is 0. The molecule has 0 saturated heterocycles. The Morgan fingerprint density at radius 2 is 0.556 bits per heavy atom. The molecule has 0 aliphatic rings. The molecule has 0 nitrogen and oxygen atoms in total. The summed E-state index contributed by atoms with van der Waals surface area (Å²) >= 11 is 0. The van der Waals surface area contributed by atoms with E-state index in [0.29, 0.717) is 0 Å². The van der Waals surface area contributed by atoms with Crippen molar-refractivity contribution in [2.75, 3.05) is 0 Å². The van der Waals surface area contributed by atoms with Gasteiger partial charge in [0.05, 0.1) is 0 Å². The molecule has 0 unspecified atom stereocenters. The second-order valence-electron chi connectivity index (χ2n) is 3.46. The van der Waals surface area contributed by atoms with Gasteiger partial charge in [0, 0.05) is 47.2 Å². The Morgan fingerprint density at radius 3 is 0.556 bits per heavy atom. The van der Waals surface area contributed by atoms with Gasteiger partial charge >= 0.3 is 0 Å². The third-order valence-electron chi connectivity index (χ3n) is 0. The van der Waals surface area contributed by atoms with E-state index in [-0.39, 0.29) is 47.2 Å². The van der Waals surface area contributed by atoms with Crippen molar-refractivity contribution in [3.05, 3.63) is 0 Å². The van der Waals surface area contributed by atoms with Gasteiger partial charge in [-0.3, -0.25) is 0 Å². The zero-order chi connectivity index (χ0) is 7.15. The third-order valence-corrected chi connectivity index (χ3v) is 0. The Labute approximate surface area is 85.9 Å². The Morgan fingerprint density at radius 1 is 0.556 bits per heavy atom. The van der Waals surface area contributed by atoms with E-state index in [1.54, 1.807) is 0 Å². The number of hydrogen-bond acceptors (Lipinski definition) is 0. The Balaban J connectivity index is -0.0000000720. The molecule has 9 heavy (non-hydrogen) atoms. The molecule has 1 radical (unpaired) electrons. The van der Waals surface area contributed by atoms with Crippen molar-refractivity contribution < 1.29 is 0 Å². The molecule has 0 aromatic carbocycles. The monoisotopic (exact) mass is 171 g/mol. The van der Waals surface area contributed by atoms with Crippen LogP contribution in [0, 0.1) is 0 Å². The summed E-state index contributed by atoms with van der Waals surface area (Å²) in [5, 5.41) is 0. The maximum absolute atomic E-state index is 2.31. The molecule has 0 spiro atoms. The van der Waals surface area contributed by atoms with Crippen LogP contribution in [0.15, 0.2) is 0 Å². The van der Waals surface area contributed by atoms with Crippen LogP contribution in [-0.4, -0.2) is 47.2 Å². The van der Waals surface area contributed by atoms with Crippen LogP contribution in [0.5, 0.6) is 0 Å². The van der Waals surface area contributed by atoms with Crippen molar-refractivity contribution in [1.82, 2.24) is 0 Å². The molecule has 0 bridgehead atoms. The average Bonchev–Trinajstić information content (AvgIpc) is 1.25. The van der Waals surface area contributed by atoms with Crippen molar-refractivity contribution in [2.45, 2.75) is 39.3 Å². The summed E-state index contributed by atoms with van der Waals surface area (Å²) < 4.78 is 0. The molecule has 0 aliphatic carbocycles. The van der Waals surface area contributed by atoms with E-state index < -0.39 is 0 Å². The molecular formula is C6H20NaSi2. The van der Waals surface area contributed by atoms with Crippen molar-refractivity contribution in [2.24, 2.45) is 0 Å². The van der Waals surface area contributed by atoms with Crippen LogP contribution in [0.3, 0.4) is 0 Å². The van der Waals surface area contributed by atoms with E-state index >= 15 is 0 Å². The van der Waals surface area contributed by atoms with Crippen molar-refractivity contribution in [3.63, 3.8) is 0 Å². The van der Waals surface area contributed by atoms with Crippen LogP contribution in [0.2, 0.25) is 39.3 Å². The minimum atomic E-state index is -0.139. The van der Waals surface area contributed by atoms with Gasteiger partial charge in [0.2, 0.25) is 0 Å². The second kappa shape index (κ2) is 12.1. The summed E-state index contributed by atoms with van der Waals surface area (Å²) in [5.74, 6) is 0. The van der Waals surface area contributed by atoms with Gasteiger partial charge in [-0.25, -0.2) is 0 Å². The maximum atomic E-state index is 2.31. The van der Waals surface area contributed by atoms with Gasteiger partial charge in [0.25, 0.3) is 0 Å². The number of rotatable bonds is 0. The van der Waals surface area contributed by atoms with Crippen LogP contribution < -0.4 is 0 Å². The van der Waals surface area contributed by atoms with E-state index in [2.05, 4.69) is 39.3 Å². The zero-order valence-corrected chi connectivity index (χ0v) is 12.5. The van der Waals surface area contributed by atoms with Crippen LogP contribution in [0.4, 0.5) is 0 Å². The first-order valence-electron chi connectivity index (χ1n) is 3.46. The molecule has 3 heteroatoms. The summed E-state index contributed by atoms with van der Waals surface area (Å²) in [6.07, 6.45) is 0. The van der Waals surface area contributed by atoms with Crippen molar-refractivity contribution in [3.8, 4) is 0 Å². The van der Waals surface area contributed by atoms with E-state index in [1.807, 2.05) is 0 Å². The van der Waals surface area contributed by atoms with Gasteiger partial charge in [-0.2, -0.15) is 0 Å². The van der Waals surface area contributed by atoms with E-state index in [0.717, 1.165) is 0 Å². The smallest absolute Gasteiger partial charge is 0.0274 e. The van der Waals surface area contributed by atoms with Crippen molar-refractivity contribution >= 4 is 47.2 Å². The Bertz CT molecular complexity index is 26.5. The summed E-state index contributed by atoms with van der Waals surface area (Å²) in [7, 11) is -0.278. The molecule has 0 heterocycles.